The van der Waals surface area contributed by atoms with E-state index in [-0.39, 0.29) is 0 Å². The smallest absolute Gasteiger partial charge is 0.0561 e. The van der Waals surface area contributed by atoms with Crippen LogP contribution in [0.3, 0.4) is 0 Å². The molecule has 1 unspecified atom stereocenters. The second-order valence-corrected chi connectivity index (χ2v) is 8.72. The molecule has 0 amide bonds. The van der Waals surface area contributed by atoms with Gasteiger partial charge in [-0.05, 0) is 54.7 Å². The van der Waals surface area contributed by atoms with Crippen LogP contribution in [0, 0.1) is 5.92 Å². The van der Waals surface area contributed by atoms with Crippen LogP contribution in [0.2, 0.25) is 0 Å². The fraction of sp³-hybridized carbons (Fsp3) is 0.133. The number of anilines is 1. The van der Waals surface area contributed by atoms with Crippen molar-refractivity contribution >= 4 is 27.5 Å². The van der Waals surface area contributed by atoms with E-state index in [0.29, 0.717) is 5.92 Å². The highest BCUT2D eigenvalue weighted by Crippen LogP contribution is 2.35. The zero-order valence-corrected chi connectivity index (χ0v) is 18.1. The Balaban J connectivity index is 1.41. The lowest BCUT2D eigenvalue weighted by molar-refractivity contribution is 0.520. The number of hydrogen-bond acceptors (Lipinski definition) is 1. The molecule has 1 aromatic heterocycles. The maximum atomic E-state index is 2.42. The van der Waals surface area contributed by atoms with E-state index in [1.54, 1.807) is 0 Å². The summed E-state index contributed by atoms with van der Waals surface area (Å²) in [5, 5.41) is 2.60. The molecule has 1 aliphatic rings. The second-order valence-electron chi connectivity index (χ2n) is 8.72. The maximum absolute atomic E-state index is 2.42. The van der Waals surface area contributed by atoms with Gasteiger partial charge in [0.1, 0.15) is 0 Å². The van der Waals surface area contributed by atoms with Crippen LogP contribution in [0.4, 0.5) is 5.69 Å². The molecule has 2 heteroatoms. The summed E-state index contributed by atoms with van der Waals surface area (Å²) in [6.45, 7) is 1.04. The molecule has 0 spiro atoms. The standard InChI is InChI=1S/C30H26N2/c1-3-10-23(11-4-1)20-24-12-9-19-31(22-24)26-17-18-28-27-15-7-8-16-29(27)32(30(28)21-26)25-13-5-2-6-14-25/h1-11,13-19,21,24H,12,20,22H2. The number of aromatic nitrogens is 1. The minimum atomic E-state index is 0.623. The summed E-state index contributed by atoms with van der Waals surface area (Å²) in [7, 11) is 0. The molecular formula is C30H26N2. The lowest BCUT2D eigenvalue weighted by atomic mass is 9.93. The van der Waals surface area contributed by atoms with E-state index in [2.05, 4.69) is 125 Å². The van der Waals surface area contributed by atoms with Crippen molar-refractivity contribution in [2.24, 2.45) is 5.92 Å². The van der Waals surface area contributed by atoms with Gasteiger partial charge < -0.3 is 9.47 Å². The van der Waals surface area contributed by atoms with Crippen molar-refractivity contribution in [1.82, 2.24) is 4.57 Å². The summed E-state index contributed by atoms with van der Waals surface area (Å²) in [5.74, 6) is 0.623. The van der Waals surface area contributed by atoms with Gasteiger partial charge in [-0.3, -0.25) is 0 Å². The van der Waals surface area contributed by atoms with Crippen molar-refractivity contribution in [3.8, 4) is 5.69 Å². The van der Waals surface area contributed by atoms with E-state index < -0.39 is 0 Å². The highest BCUT2D eigenvalue weighted by molar-refractivity contribution is 6.10. The van der Waals surface area contributed by atoms with Gasteiger partial charge >= 0.3 is 0 Å². The largest absolute Gasteiger partial charge is 0.348 e. The lowest BCUT2D eigenvalue weighted by Gasteiger charge is -2.30. The first-order valence-corrected chi connectivity index (χ1v) is 11.4. The molecule has 0 N–H and O–H groups in total. The topological polar surface area (TPSA) is 8.17 Å². The second kappa shape index (κ2) is 8.05. The highest BCUT2D eigenvalue weighted by atomic mass is 15.1. The Kier molecular flexibility index (Phi) is 4.77. The third kappa shape index (κ3) is 3.38. The Morgan fingerprint density at radius 3 is 2.22 bits per heavy atom. The van der Waals surface area contributed by atoms with Crippen LogP contribution in [-0.2, 0) is 6.42 Å². The predicted molar refractivity (Wildman–Crippen MR) is 136 cm³/mol. The van der Waals surface area contributed by atoms with E-state index in [0.717, 1.165) is 19.4 Å². The van der Waals surface area contributed by atoms with Gasteiger partial charge in [0.15, 0.2) is 0 Å². The van der Waals surface area contributed by atoms with Gasteiger partial charge in [0.05, 0.1) is 11.0 Å². The van der Waals surface area contributed by atoms with E-state index in [1.165, 1.54) is 38.7 Å². The molecule has 6 rings (SSSR count). The molecule has 0 radical (unpaired) electrons. The zero-order valence-electron chi connectivity index (χ0n) is 18.1. The minimum absolute atomic E-state index is 0.623. The Labute approximate surface area is 189 Å². The van der Waals surface area contributed by atoms with Crippen LogP contribution in [0.15, 0.2) is 115 Å². The number of rotatable bonds is 4. The van der Waals surface area contributed by atoms with Crippen molar-refractivity contribution in [2.45, 2.75) is 12.8 Å². The van der Waals surface area contributed by atoms with Crippen molar-refractivity contribution < 1.29 is 0 Å². The summed E-state index contributed by atoms with van der Waals surface area (Å²) in [6, 6.07) is 37.2. The Bertz CT molecular complexity index is 1400. The molecule has 1 aliphatic heterocycles. The molecule has 4 aromatic carbocycles. The van der Waals surface area contributed by atoms with Crippen LogP contribution < -0.4 is 4.90 Å². The molecule has 0 saturated carbocycles. The summed E-state index contributed by atoms with van der Waals surface area (Å²) < 4.78 is 2.39. The molecule has 156 valence electrons. The summed E-state index contributed by atoms with van der Waals surface area (Å²) in [6.07, 6.45) is 6.85. The number of hydrogen-bond donors (Lipinski definition) is 0. The summed E-state index contributed by atoms with van der Waals surface area (Å²) in [5.41, 5.74) is 6.39. The molecule has 0 fully saturated rings. The molecule has 0 saturated heterocycles. The minimum Gasteiger partial charge on any atom is -0.348 e. The fourth-order valence-electron chi connectivity index (χ4n) is 5.07. The van der Waals surface area contributed by atoms with Gasteiger partial charge in [0, 0.05) is 34.9 Å². The Hall–Kier alpha value is -3.78. The first kappa shape index (κ1) is 18.9. The van der Waals surface area contributed by atoms with Gasteiger partial charge in [-0.2, -0.15) is 0 Å². The molecule has 32 heavy (non-hydrogen) atoms. The van der Waals surface area contributed by atoms with Crippen LogP contribution >= 0.6 is 0 Å². The molecule has 2 heterocycles. The van der Waals surface area contributed by atoms with Gasteiger partial charge in [-0.25, -0.2) is 0 Å². The predicted octanol–water partition coefficient (Wildman–Crippen LogP) is 7.37. The quantitative estimate of drug-likeness (QED) is 0.298. The number of nitrogens with zero attached hydrogens (tertiary/aromatic N) is 2. The zero-order chi connectivity index (χ0) is 21.3. The molecule has 2 nitrogen and oxygen atoms in total. The first-order valence-electron chi connectivity index (χ1n) is 11.4. The molecule has 1 atom stereocenters. The van der Waals surface area contributed by atoms with E-state index in [4.69, 9.17) is 0 Å². The molecule has 0 aliphatic carbocycles. The number of fused-ring (bicyclic) bond motifs is 3. The maximum Gasteiger partial charge on any atom is 0.0561 e. The van der Waals surface area contributed by atoms with Gasteiger partial charge in [0.25, 0.3) is 0 Å². The Morgan fingerprint density at radius 1 is 0.656 bits per heavy atom. The number of allylic oxidation sites excluding steroid dienone is 1. The third-order valence-corrected chi connectivity index (χ3v) is 6.58. The lowest BCUT2D eigenvalue weighted by Crippen LogP contribution is -2.28. The average molecular weight is 415 g/mol. The molecule has 0 bridgehead atoms. The SMILES string of the molecule is C1=CN(c2ccc3c4ccccc4n(-c4ccccc4)c3c2)CC(Cc2ccccc2)C1. The van der Waals surface area contributed by atoms with Gasteiger partial charge in [0.2, 0.25) is 0 Å². The van der Waals surface area contributed by atoms with Crippen LogP contribution in [0.25, 0.3) is 27.5 Å². The highest BCUT2D eigenvalue weighted by Gasteiger charge is 2.19. The third-order valence-electron chi connectivity index (χ3n) is 6.58. The molecular weight excluding hydrogens is 388 g/mol. The normalized spacial score (nSPS) is 16.1. The first-order chi connectivity index (χ1) is 15.9. The monoisotopic (exact) mass is 414 g/mol. The Morgan fingerprint density at radius 2 is 1.38 bits per heavy atom. The van der Waals surface area contributed by atoms with E-state index in [9.17, 15) is 0 Å². The van der Waals surface area contributed by atoms with Crippen LogP contribution in [0.5, 0.6) is 0 Å². The van der Waals surface area contributed by atoms with Crippen LogP contribution in [-0.4, -0.2) is 11.1 Å². The van der Waals surface area contributed by atoms with E-state index >= 15 is 0 Å². The van der Waals surface area contributed by atoms with Crippen molar-refractivity contribution in [3.63, 3.8) is 0 Å². The number of benzene rings is 4. The van der Waals surface area contributed by atoms with Crippen molar-refractivity contribution in [2.75, 3.05) is 11.4 Å². The van der Waals surface area contributed by atoms with Gasteiger partial charge in [-0.15, -0.1) is 0 Å². The molecule has 5 aromatic rings. The fourth-order valence-corrected chi connectivity index (χ4v) is 5.07. The average Bonchev–Trinajstić information content (AvgIpc) is 3.19. The van der Waals surface area contributed by atoms with Gasteiger partial charge in [-0.1, -0.05) is 78.9 Å². The van der Waals surface area contributed by atoms with Crippen LogP contribution in [0.1, 0.15) is 12.0 Å². The summed E-state index contributed by atoms with van der Waals surface area (Å²) in [4.78, 5) is 2.42. The van der Waals surface area contributed by atoms with Crippen molar-refractivity contribution in [1.29, 1.82) is 0 Å². The van der Waals surface area contributed by atoms with E-state index in [1.807, 2.05) is 0 Å². The summed E-state index contributed by atoms with van der Waals surface area (Å²) >= 11 is 0. The van der Waals surface area contributed by atoms with Crippen molar-refractivity contribution in [3.05, 3.63) is 121 Å². The number of para-hydroxylation sites is 2.